The summed E-state index contributed by atoms with van der Waals surface area (Å²) < 4.78 is 14.1. The molecule has 0 fully saturated rings. The highest BCUT2D eigenvalue weighted by molar-refractivity contribution is 9.10. The van der Waals surface area contributed by atoms with Gasteiger partial charge in [0.1, 0.15) is 5.82 Å². The molecule has 0 saturated heterocycles. The summed E-state index contributed by atoms with van der Waals surface area (Å²) in [6, 6.07) is 7.14. The first kappa shape index (κ1) is 14.0. The predicted molar refractivity (Wildman–Crippen MR) is 78.7 cm³/mol. The third-order valence-electron chi connectivity index (χ3n) is 2.61. The zero-order valence-electron chi connectivity index (χ0n) is 9.71. The van der Waals surface area contributed by atoms with Gasteiger partial charge in [0.05, 0.1) is 5.02 Å². The molecule has 0 aliphatic rings. The van der Waals surface area contributed by atoms with E-state index in [2.05, 4.69) is 39.6 Å². The zero-order valence-corrected chi connectivity index (χ0v) is 12.9. The molecule has 0 bridgehead atoms. The number of benzene rings is 1. The lowest BCUT2D eigenvalue weighted by molar-refractivity contribution is 0.580. The Kier molecular flexibility index (Phi) is 4.78. The topological polar surface area (TPSA) is 12.0 Å². The minimum absolute atomic E-state index is 0.167. The van der Waals surface area contributed by atoms with E-state index in [4.69, 9.17) is 11.6 Å². The van der Waals surface area contributed by atoms with E-state index in [-0.39, 0.29) is 16.9 Å². The van der Waals surface area contributed by atoms with Gasteiger partial charge in [-0.15, -0.1) is 11.3 Å². The molecule has 0 spiro atoms. The third kappa shape index (κ3) is 3.54. The van der Waals surface area contributed by atoms with Crippen molar-refractivity contribution in [3.63, 3.8) is 0 Å². The average Bonchev–Trinajstić information content (AvgIpc) is 2.77. The van der Waals surface area contributed by atoms with Gasteiger partial charge in [-0.05, 0) is 46.6 Å². The second-order valence-corrected chi connectivity index (χ2v) is 6.28. The Balaban J connectivity index is 1.97. The Labute approximate surface area is 123 Å². The van der Waals surface area contributed by atoms with Gasteiger partial charge < -0.3 is 5.32 Å². The molecule has 0 radical (unpaired) electrons. The van der Waals surface area contributed by atoms with Gasteiger partial charge in [-0.3, -0.25) is 0 Å². The monoisotopic (exact) mass is 347 g/mol. The molecule has 0 aliphatic heterocycles. The molecule has 2 aromatic rings. The van der Waals surface area contributed by atoms with Crippen LogP contribution in [0.15, 0.2) is 34.1 Å². The normalized spacial score (nSPS) is 12.7. The van der Waals surface area contributed by atoms with Gasteiger partial charge in [0.25, 0.3) is 0 Å². The van der Waals surface area contributed by atoms with Crippen LogP contribution in [0.3, 0.4) is 0 Å². The Hall–Kier alpha value is -0.420. The van der Waals surface area contributed by atoms with Crippen LogP contribution >= 0.6 is 38.9 Å². The van der Waals surface area contributed by atoms with E-state index < -0.39 is 0 Å². The van der Waals surface area contributed by atoms with E-state index in [1.165, 1.54) is 10.9 Å². The van der Waals surface area contributed by atoms with Crippen LogP contribution in [0.4, 0.5) is 4.39 Å². The highest BCUT2D eigenvalue weighted by Crippen LogP contribution is 2.25. The fraction of sp³-hybridized carbons (Fsp3) is 0.231. The first-order valence-electron chi connectivity index (χ1n) is 5.47. The lowest BCUT2D eigenvalue weighted by Gasteiger charge is -2.12. The number of rotatable bonds is 4. The Morgan fingerprint density at radius 1 is 1.44 bits per heavy atom. The van der Waals surface area contributed by atoms with Crippen LogP contribution in [0.1, 0.15) is 23.4 Å². The zero-order chi connectivity index (χ0) is 13.1. The summed E-state index contributed by atoms with van der Waals surface area (Å²) in [5.74, 6) is -0.379. The van der Waals surface area contributed by atoms with Crippen molar-refractivity contribution in [2.24, 2.45) is 0 Å². The number of nitrogens with one attached hydrogen (secondary N) is 1. The van der Waals surface area contributed by atoms with E-state index in [1.54, 1.807) is 23.5 Å². The summed E-state index contributed by atoms with van der Waals surface area (Å²) in [7, 11) is 0. The van der Waals surface area contributed by atoms with Crippen molar-refractivity contribution in [3.8, 4) is 0 Å². The van der Waals surface area contributed by atoms with Crippen LogP contribution in [0.5, 0.6) is 0 Å². The van der Waals surface area contributed by atoms with Crippen molar-refractivity contribution in [1.29, 1.82) is 0 Å². The summed E-state index contributed by atoms with van der Waals surface area (Å²) in [6.45, 7) is 2.76. The molecule has 1 N–H and O–H groups in total. The Bertz CT molecular complexity index is 544. The Morgan fingerprint density at radius 3 is 2.83 bits per heavy atom. The maximum absolute atomic E-state index is 13.0. The van der Waals surface area contributed by atoms with E-state index in [0.717, 1.165) is 10.0 Å². The number of halogens is 3. The summed E-state index contributed by atoms with van der Waals surface area (Å²) in [5.41, 5.74) is 0.976. The molecule has 1 aromatic heterocycles. The Morgan fingerprint density at radius 2 is 2.22 bits per heavy atom. The molecule has 1 aromatic carbocycles. The summed E-state index contributed by atoms with van der Waals surface area (Å²) in [6.07, 6.45) is 0. The highest BCUT2D eigenvalue weighted by Gasteiger charge is 2.08. The standard InChI is InChI=1S/C13H12BrClFNS/c1-8(13-5-10(14)7-18-13)17-6-9-2-3-12(16)11(15)4-9/h2-5,7-8,17H,6H2,1H3. The largest absolute Gasteiger partial charge is 0.305 e. The number of hydrogen-bond acceptors (Lipinski definition) is 2. The minimum atomic E-state index is -0.379. The van der Waals surface area contributed by atoms with Gasteiger partial charge in [-0.1, -0.05) is 17.7 Å². The fourth-order valence-electron chi connectivity index (χ4n) is 1.58. The summed E-state index contributed by atoms with van der Waals surface area (Å²) in [5, 5.41) is 5.61. The molecular weight excluding hydrogens is 337 g/mol. The SMILES string of the molecule is CC(NCc1ccc(F)c(Cl)c1)c1cc(Br)cs1. The summed E-state index contributed by atoms with van der Waals surface area (Å²) >= 11 is 10.9. The molecule has 0 aliphatic carbocycles. The van der Waals surface area contributed by atoms with Crippen LogP contribution in [0, 0.1) is 5.82 Å². The van der Waals surface area contributed by atoms with Crippen molar-refractivity contribution < 1.29 is 4.39 Å². The minimum Gasteiger partial charge on any atom is -0.305 e. The molecule has 96 valence electrons. The van der Waals surface area contributed by atoms with Crippen LogP contribution in [-0.2, 0) is 6.54 Å². The molecule has 1 unspecified atom stereocenters. The molecule has 0 amide bonds. The van der Waals surface area contributed by atoms with Gasteiger partial charge >= 0.3 is 0 Å². The molecule has 1 nitrogen and oxygen atoms in total. The molecule has 1 atom stereocenters. The first-order chi connectivity index (χ1) is 8.56. The first-order valence-corrected chi connectivity index (χ1v) is 7.52. The van der Waals surface area contributed by atoms with Crippen molar-refractivity contribution in [3.05, 3.63) is 55.4 Å². The maximum Gasteiger partial charge on any atom is 0.141 e. The van der Waals surface area contributed by atoms with Gasteiger partial charge in [0.15, 0.2) is 0 Å². The quantitative estimate of drug-likeness (QED) is 0.805. The van der Waals surface area contributed by atoms with Crippen molar-refractivity contribution >= 4 is 38.9 Å². The molecule has 2 rings (SSSR count). The van der Waals surface area contributed by atoms with E-state index in [1.807, 2.05) is 0 Å². The second-order valence-electron chi connectivity index (χ2n) is 4.02. The van der Waals surface area contributed by atoms with Crippen LogP contribution in [-0.4, -0.2) is 0 Å². The van der Waals surface area contributed by atoms with Gasteiger partial charge in [0, 0.05) is 27.3 Å². The van der Waals surface area contributed by atoms with E-state index in [9.17, 15) is 4.39 Å². The van der Waals surface area contributed by atoms with Crippen molar-refractivity contribution in [2.75, 3.05) is 0 Å². The van der Waals surface area contributed by atoms with E-state index in [0.29, 0.717) is 6.54 Å². The van der Waals surface area contributed by atoms with E-state index >= 15 is 0 Å². The summed E-state index contributed by atoms with van der Waals surface area (Å²) in [4.78, 5) is 1.26. The molecule has 5 heteroatoms. The lowest BCUT2D eigenvalue weighted by Crippen LogP contribution is -2.17. The van der Waals surface area contributed by atoms with Crippen molar-refractivity contribution in [1.82, 2.24) is 5.32 Å². The number of thiophene rings is 1. The lowest BCUT2D eigenvalue weighted by atomic mass is 10.2. The van der Waals surface area contributed by atoms with Gasteiger partial charge in [-0.2, -0.15) is 0 Å². The number of hydrogen-bond donors (Lipinski definition) is 1. The smallest absolute Gasteiger partial charge is 0.141 e. The highest BCUT2D eigenvalue weighted by atomic mass is 79.9. The van der Waals surface area contributed by atoms with Gasteiger partial charge in [0.2, 0.25) is 0 Å². The van der Waals surface area contributed by atoms with Crippen molar-refractivity contribution in [2.45, 2.75) is 19.5 Å². The molecule has 0 saturated carbocycles. The third-order valence-corrected chi connectivity index (χ3v) is 4.78. The fourth-order valence-corrected chi connectivity index (χ4v) is 3.26. The molecule has 1 heterocycles. The molecule has 18 heavy (non-hydrogen) atoms. The van der Waals surface area contributed by atoms with Gasteiger partial charge in [-0.25, -0.2) is 4.39 Å². The maximum atomic E-state index is 13.0. The predicted octanol–water partition coefficient (Wildman–Crippen LogP) is 5.15. The van der Waals surface area contributed by atoms with Crippen LogP contribution in [0.25, 0.3) is 0 Å². The van der Waals surface area contributed by atoms with Crippen LogP contribution in [0.2, 0.25) is 5.02 Å². The average molecular weight is 349 g/mol. The van der Waals surface area contributed by atoms with Crippen LogP contribution < -0.4 is 5.32 Å². The molecular formula is C13H12BrClFNS. The second kappa shape index (κ2) is 6.15.